The first kappa shape index (κ1) is 12.6. The second-order valence-corrected chi connectivity index (χ2v) is 4.90. The Morgan fingerprint density at radius 2 is 2.50 bits per heavy atom. The number of carbonyl (C=O) groups is 1. The Morgan fingerprint density at radius 3 is 3.17 bits per heavy atom. The number of carboxylic acid groups (broad SMARTS) is 1. The lowest BCUT2D eigenvalue weighted by Gasteiger charge is -2.10. The van der Waals surface area contributed by atoms with Crippen molar-refractivity contribution in [2.45, 2.75) is 25.8 Å². The second-order valence-electron chi connectivity index (χ2n) is 4.04. The Labute approximate surface area is 108 Å². The van der Waals surface area contributed by atoms with Crippen molar-refractivity contribution in [3.05, 3.63) is 35.2 Å². The van der Waals surface area contributed by atoms with Gasteiger partial charge in [-0.25, -0.2) is 4.98 Å². The van der Waals surface area contributed by atoms with Gasteiger partial charge in [-0.05, 0) is 19.1 Å². The summed E-state index contributed by atoms with van der Waals surface area (Å²) in [5.41, 5.74) is 0.584. The lowest BCUT2D eigenvalue weighted by atomic mass is 10.2. The van der Waals surface area contributed by atoms with Gasteiger partial charge in [-0.15, -0.1) is 11.3 Å². The number of carboxylic acids is 1. The van der Waals surface area contributed by atoms with Crippen LogP contribution in [0, 0.1) is 0 Å². The second kappa shape index (κ2) is 5.68. The van der Waals surface area contributed by atoms with Crippen LogP contribution in [-0.4, -0.2) is 22.1 Å². The van der Waals surface area contributed by atoms with Crippen LogP contribution in [0.25, 0.3) is 0 Å². The third kappa shape index (κ3) is 3.59. The Kier molecular flexibility index (Phi) is 3.99. The zero-order valence-corrected chi connectivity index (χ0v) is 10.7. The van der Waals surface area contributed by atoms with E-state index in [0.717, 1.165) is 17.3 Å². The van der Waals surface area contributed by atoms with Gasteiger partial charge in [-0.2, -0.15) is 0 Å². The van der Waals surface area contributed by atoms with Gasteiger partial charge in [0.1, 0.15) is 5.76 Å². The highest BCUT2D eigenvalue weighted by molar-refractivity contribution is 7.13. The van der Waals surface area contributed by atoms with E-state index >= 15 is 0 Å². The molecule has 18 heavy (non-hydrogen) atoms. The van der Waals surface area contributed by atoms with Crippen molar-refractivity contribution in [3.63, 3.8) is 0 Å². The van der Waals surface area contributed by atoms with E-state index in [1.165, 1.54) is 11.3 Å². The van der Waals surface area contributed by atoms with Gasteiger partial charge in [0.15, 0.2) is 5.13 Å². The third-order valence-electron chi connectivity index (χ3n) is 2.34. The lowest BCUT2D eigenvalue weighted by molar-refractivity contribution is -0.136. The fourth-order valence-electron chi connectivity index (χ4n) is 1.60. The molecule has 0 radical (unpaired) electrons. The molecule has 96 valence electrons. The summed E-state index contributed by atoms with van der Waals surface area (Å²) in [4.78, 5) is 14.8. The van der Waals surface area contributed by atoms with E-state index in [4.69, 9.17) is 9.52 Å². The Hall–Kier alpha value is -1.82. The van der Waals surface area contributed by atoms with E-state index < -0.39 is 5.97 Å². The van der Waals surface area contributed by atoms with E-state index in [1.54, 1.807) is 11.6 Å². The minimum Gasteiger partial charge on any atom is -0.481 e. The van der Waals surface area contributed by atoms with Crippen molar-refractivity contribution in [2.75, 3.05) is 5.32 Å². The van der Waals surface area contributed by atoms with Crippen LogP contribution in [0.3, 0.4) is 0 Å². The topological polar surface area (TPSA) is 75.4 Å². The smallest absolute Gasteiger partial charge is 0.309 e. The number of furan rings is 1. The summed E-state index contributed by atoms with van der Waals surface area (Å²) in [7, 11) is 0. The van der Waals surface area contributed by atoms with Crippen molar-refractivity contribution in [2.24, 2.45) is 0 Å². The fraction of sp³-hybridized carbons (Fsp3) is 0.333. The normalized spacial score (nSPS) is 12.3. The summed E-state index contributed by atoms with van der Waals surface area (Å²) in [5.74, 6) is 0.0489. The number of anilines is 1. The number of thiazole rings is 1. The molecule has 1 unspecified atom stereocenters. The van der Waals surface area contributed by atoms with Crippen LogP contribution in [0.1, 0.15) is 18.4 Å². The summed E-state index contributed by atoms with van der Waals surface area (Å²) < 4.78 is 5.26. The highest BCUT2D eigenvalue weighted by Crippen LogP contribution is 2.18. The monoisotopic (exact) mass is 266 g/mol. The number of nitrogens with one attached hydrogen (secondary N) is 1. The minimum atomic E-state index is -0.865. The molecule has 2 N–H and O–H groups in total. The van der Waals surface area contributed by atoms with Crippen LogP contribution in [0.15, 0.2) is 28.2 Å². The Bertz CT molecular complexity index is 507. The maximum absolute atomic E-state index is 10.5. The van der Waals surface area contributed by atoms with Crippen LogP contribution in [0.2, 0.25) is 0 Å². The maximum Gasteiger partial charge on any atom is 0.309 e. The molecule has 0 saturated carbocycles. The molecule has 1 atom stereocenters. The van der Waals surface area contributed by atoms with Crippen molar-refractivity contribution >= 4 is 22.4 Å². The number of aromatic nitrogens is 1. The summed E-state index contributed by atoms with van der Waals surface area (Å²) in [5, 5.41) is 14.4. The van der Waals surface area contributed by atoms with Gasteiger partial charge in [0, 0.05) is 17.8 Å². The first-order valence-corrected chi connectivity index (χ1v) is 6.46. The third-order valence-corrected chi connectivity index (χ3v) is 3.16. The zero-order valence-electron chi connectivity index (χ0n) is 9.92. The molecule has 2 aromatic rings. The summed E-state index contributed by atoms with van der Waals surface area (Å²) in [6, 6.07) is 3.96. The molecule has 2 rings (SSSR count). The van der Waals surface area contributed by atoms with Gasteiger partial charge in [0.05, 0.1) is 18.4 Å². The van der Waals surface area contributed by atoms with Crippen molar-refractivity contribution in [3.8, 4) is 0 Å². The molecule has 5 nitrogen and oxygen atoms in total. The van der Waals surface area contributed by atoms with E-state index in [9.17, 15) is 4.79 Å². The molecule has 0 aliphatic carbocycles. The van der Waals surface area contributed by atoms with Gasteiger partial charge in [0.25, 0.3) is 0 Å². The van der Waals surface area contributed by atoms with Crippen LogP contribution >= 0.6 is 11.3 Å². The van der Waals surface area contributed by atoms with Crippen molar-refractivity contribution in [1.82, 2.24) is 4.98 Å². The van der Waals surface area contributed by atoms with Crippen LogP contribution in [0.4, 0.5) is 5.13 Å². The van der Waals surface area contributed by atoms with Gasteiger partial charge in [-0.3, -0.25) is 4.79 Å². The SMILES string of the molecule is CC(Cc1ccco1)Nc1nc(CC(=O)O)cs1. The largest absolute Gasteiger partial charge is 0.481 e. The van der Waals surface area contributed by atoms with Gasteiger partial charge < -0.3 is 14.8 Å². The molecule has 0 spiro atoms. The number of rotatable bonds is 6. The molecule has 0 fully saturated rings. The average molecular weight is 266 g/mol. The molecule has 0 aromatic carbocycles. The molecule has 0 amide bonds. The average Bonchev–Trinajstić information content (AvgIpc) is 2.89. The number of aliphatic carboxylic acids is 1. The number of nitrogens with zero attached hydrogens (tertiary/aromatic N) is 1. The van der Waals surface area contributed by atoms with Gasteiger partial charge in [0.2, 0.25) is 0 Å². The first-order valence-electron chi connectivity index (χ1n) is 5.58. The Balaban J connectivity index is 1.88. The summed E-state index contributed by atoms with van der Waals surface area (Å²) in [6.45, 7) is 2.03. The predicted octanol–water partition coefficient (Wildman–Crippen LogP) is 2.41. The predicted molar refractivity (Wildman–Crippen MR) is 69.0 cm³/mol. The van der Waals surface area contributed by atoms with Crippen molar-refractivity contribution in [1.29, 1.82) is 0 Å². The highest BCUT2D eigenvalue weighted by atomic mass is 32.1. The molecule has 0 saturated heterocycles. The quantitative estimate of drug-likeness (QED) is 0.839. The van der Waals surface area contributed by atoms with Crippen LogP contribution in [0.5, 0.6) is 0 Å². The minimum absolute atomic E-state index is 0.0370. The number of hydrogen-bond donors (Lipinski definition) is 2. The van der Waals surface area contributed by atoms with Crippen molar-refractivity contribution < 1.29 is 14.3 Å². The maximum atomic E-state index is 10.5. The number of hydrogen-bond acceptors (Lipinski definition) is 5. The van der Waals surface area contributed by atoms with Crippen LogP contribution < -0.4 is 5.32 Å². The first-order chi connectivity index (χ1) is 8.63. The molecular weight excluding hydrogens is 252 g/mol. The van der Waals surface area contributed by atoms with Gasteiger partial charge in [-0.1, -0.05) is 0 Å². The lowest BCUT2D eigenvalue weighted by Crippen LogP contribution is -2.17. The highest BCUT2D eigenvalue weighted by Gasteiger charge is 2.10. The molecular formula is C12H14N2O3S. The van der Waals surface area contributed by atoms with E-state index in [-0.39, 0.29) is 12.5 Å². The zero-order chi connectivity index (χ0) is 13.0. The molecule has 6 heteroatoms. The van der Waals surface area contributed by atoms with Crippen LogP contribution in [-0.2, 0) is 17.6 Å². The molecule has 0 aliphatic heterocycles. The molecule has 2 heterocycles. The molecule has 2 aromatic heterocycles. The van der Waals surface area contributed by atoms with E-state index in [0.29, 0.717) is 5.69 Å². The van der Waals surface area contributed by atoms with E-state index in [1.807, 2.05) is 19.1 Å². The Morgan fingerprint density at radius 1 is 1.67 bits per heavy atom. The van der Waals surface area contributed by atoms with Gasteiger partial charge >= 0.3 is 5.97 Å². The van der Waals surface area contributed by atoms with E-state index in [2.05, 4.69) is 10.3 Å². The summed E-state index contributed by atoms with van der Waals surface area (Å²) >= 11 is 1.42. The summed E-state index contributed by atoms with van der Waals surface area (Å²) in [6.07, 6.45) is 2.38. The molecule has 0 bridgehead atoms. The standard InChI is InChI=1S/C12H14N2O3S/c1-8(5-10-3-2-4-17-10)13-12-14-9(7-18-12)6-11(15)16/h2-4,7-8H,5-6H2,1H3,(H,13,14)(H,15,16). The molecule has 0 aliphatic rings. The fourth-order valence-corrected chi connectivity index (χ4v) is 2.42.